The van der Waals surface area contributed by atoms with Crippen LogP contribution in [0.25, 0.3) is 0 Å². The predicted octanol–water partition coefficient (Wildman–Crippen LogP) is -0.493. The normalized spacial score (nSPS) is 24.0. The third-order valence-corrected chi connectivity index (χ3v) is 2.55. The van der Waals surface area contributed by atoms with Crippen molar-refractivity contribution in [2.75, 3.05) is 20.3 Å². The van der Waals surface area contributed by atoms with Crippen LogP contribution < -0.4 is 5.32 Å². The molecule has 14 heavy (non-hydrogen) atoms. The minimum atomic E-state index is 0.159. The number of rotatable bonds is 3. The molecule has 0 saturated carbocycles. The van der Waals surface area contributed by atoms with E-state index in [0.29, 0.717) is 5.92 Å². The lowest BCUT2D eigenvalue weighted by Crippen LogP contribution is -2.26. The first-order valence-electron chi connectivity index (χ1n) is 4.80. The van der Waals surface area contributed by atoms with Gasteiger partial charge in [-0.15, -0.1) is 10.2 Å². The summed E-state index contributed by atoms with van der Waals surface area (Å²) >= 11 is 0. The summed E-state index contributed by atoms with van der Waals surface area (Å²) < 4.78 is 5.35. The van der Waals surface area contributed by atoms with Crippen molar-refractivity contribution in [1.29, 1.82) is 0 Å². The van der Waals surface area contributed by atoms with Gasteiger partial charge in [-0.25, -0.2) is 0 Å². The topological polar surface area (TPSA) is 64.9 Å². The van der Waals surface area contributed by atoms with E-state index in [2.05, 4.69) is 20.7 Å². The minimum Gasteiger partial charge on any atom is -0.381 e. The van der Waals surface area contributed by atoms with E-state index in [4.69, 9.17) is 4.74 Å². The fourth-order valence-corrected chi connectivity index (χ4v) is 1.81. The summed E-state index contributed by atoms with van der Waals surface area (Å²) in [4.78, 5) is 1.48. The van der Waals surface area contributed by atoms with Gasteiger partial charge in [0.2, 0.25) is 0 Å². The third-order valence-electron chi connectivity index (χ3n) is 2.55. The molecule has 0 amide bonds. The van der Waals surface area contributed by atoms with Gasteiger partial charge in [-0.05, 0) is 18.7 Å². The van der Waals surface area contributed by atoms with E-state index in [9.17, 15) is 0 Å². The summed E-state index contributed by atoms with van der Waals surface area (Å²) in [5, 5.41) is 15.3. The number of hydrogen-bond acceptors (Lipinski definition) is 5. The maximum absolute atomic E-state index is 5.35. The van der Waals surface area contributed by atoms with Crippen LogP contribution in [0.15, 0.2) is 0 Å². The molecule has 1 aliphatic rings. The summed E-state index contributed by atoms with van der Waals surface area (Å²) in [6.45, 7) is 1.62. The lowest BCUT2D eigenvalue weighted by molar-refractivity contribution is 0.176. The van der Waals surface area contributed by atoms with E-state index in [1.165, 1.54) is 4.80 Å². The summed E-state index contributed by atoms with van der Waals surface area (Å²) in [5.41, 5.74) is 0. The Morgan fingerprint density at radius 3 is 3.00 bits per heavy atom. The Labute approximate surface area is 82.6 Å². The highest BCUT2D eigenvalue weighted by Gasteiger charge is 2.28. The van der Waals surface area contributed by atoms with E-state index < -0.39 is 0 Å². The zero-order valence-corrected chi connectivity index (χ0v) is 8.47. The monoisotopic (exact) mass is 197 g/mol. The van der Waals surface area contributed by atoms with Crippen LogP contribution in [0.4, 0.5) is 0 Å². The molecule has 78 valence electrons. The lowest BCUT2D eigenvalue weighted by Gasteiger charge is -2.17. The Morgan fingerprint density at radius 1 is 1.64 bits per heavy atom. The molecule has 0 aliphatic carbocycles. The average Bonchev–Trinajstić information content (AvgIpc) is 2.79. The molecule has 0 bridgehead atoms. The van der Waals surface area contributed by atoms with Crippen LogP contribution in [0.3, 0.4) is 0 Å². The third kappa shape index (κ3) is 1.76. The van der Waals surface area contributed by atoms with Crippen LogP contribution >= 0.6 is 0 Å². The molecular weight excluding hydrogens is 182 g/mol. The van der Waals surface area contributed by atoms with Gasteiger partial charge in [-0.1, -0.05) is 0 Å². The molecule has 1 aromatic heterocycles. The Bertz CT molecular complexity index is 294. The number of nitrogens with one attached hydrogen (secondary N) is 1. The van der Waals surface area contributed by atoms with Gasteiger partial charge in [0.1, 0.15) is 0 Å². The van der Waals surface area contributed by atoms with Crippen LogP contribution in [0, 0.1) is 5.92 Å². The summed E-state index contributed by atoms with van der Waals surface area (Å²) in [6.07, 6.45) is 1.06. The largest absolute Gasteiger partial charge is 0.381 e. The van der Waals surface area contributed by atoms with E-state index in [-0.39, 0.29) is 6.04 Å². The van der Waals surface area contributed by atoms with E-state index in [1.54, 1.807) is 7.05 Å². The maximum atomic E-state index is 5.35. The van der Waals surface area contributed by atoms with Crippen molar-refractivity contribution >= 4 is 0 Å². The van der Waals surface area contributed by atoms with E-state index >= 15 is 0 Å². The Balaban J connectivity index is 2.12. The van der Waals surface area contributed by atoms with Gasteiger partial charge in [0.05, 0.1) is 19.7 Å². The van der Waals surface area contributed by atoms with Crippen LogP contribution in [0.5, 0.6) is 0 Å². The van der Waals surface area contributed by atoms with E-state index in [1.807, 2.05) is 7.05 Å². The molecule has 1 saturated heterocycles. The molecule has 6 nitrogen and oxygen atoms in total. The second kappa shape index (κ2) is 4.02. The molecule has 2 atom stereocenters. The van der Waals surface area contributed by atoms with Gasteiger partial charge in [-0.2, -0.15) is 4.80 Å². The van der Waals surface area contributed by atoms with Gasteiger partial charge in [-0.3, -0.25) is 0 Å². The number of tetrazole rings is 1. The van der Waals surface area contributed by atoms with Crippen molar-refractivity contribution in [2.24, 2.45) is 13.0 Å². The summed E-state index contributed by atoms with van der Waals surface area (Å²) in [6, 6.07) is 0.159. The molecule has 0 aromatic carbocycles. The van der Waals surface area contributed by atoms with E-state index in [0.717, 1.165) is 25.5 Å². The SMILES string of the molecule is CNC(c1nnn(C)n1)C1CCOC1. The predicted molar refractivity (Wildman–Crippen MR) is 49.5 cm³/mol. The van der Waals surface area contributed by atoms with Gasteiger partial charge >= 0.3 is 0 Å². The van der Waals surface area contributed by atoms with Crippen LogP contribution in [0.1, 0.15) is 18.3 Å². The minimum absolute atomic E-state index is 0.159. The number of ether oxygens (including phenoxy) is 1. The first-order chi connectivity index (χ1) is 6.81. The maximum Gasteiger partial charge on any atom is 0.191 e. The molecular formula is C8H15N5O. The van der Waals surface area contributed by atoms with Gasteiger partial charge in [0.25, 0.3) is 0 Å². The Kier molecular flexibility index (Phi) is 2.74. The van der Waals surface area contributed by atoms with Crippen molar-refractivity contribution in [3.8, 4) is 0 Å². The first-order valence-corrected chi connectivity index (χ1v) is 4.80. The fraction of sp³-hybridized carbons (Fsp3) is 0.875. The summed E-state index contributed by atoms with van der Waals surface area (Å²) in [5.74, 6) is 1.22. The van der Waals surface area contributed by atoms with Gasteiger partial charge in [0, 0.05) is 12.5 Å². The smallest absolute Gasteiger partial charge is 0.191 e. The Hall–Kier alpha value is -1.01. The molecule has 1 aliphatic heterocycles. The van der Waals surface area contributed by atoms with Crippen LogP contribution in [-0.2, 0) is 11.8 Å². The molecule has 1 fully saturated rings. The quantitative estimate of drug-likeness (QED) is 0.708. The van der Waals surface area contributed by atoms with Gasteiger partial charge in [0.15, 0.2) is 5.82 Å². The number of hydrogen-bond donors (Lipinski definition) is 1. The lowest BCUT2D eigenvalue weighted by atomic mass is 9.99. The van der Waals surface area contributed by atoms with Gasteiger partial charge < -0.3 is 10.1 Å². The van der Waals surface area contributed by atoms with Crippen molar-refractivity contribution in [1.82, 2.24) is 25.5 Å². The summed E-state index contributed by atoms with van der Waals surface area (Å²) in [7, 11) is 3.69. The molecule has 2 heterocycles. The number of aromatic nitrogens is 4. The second-order valence-corrected chi connectivity index (χ2v) is 3.53. The molecule has 0 radical (unpaired) electrons. The molecule has 0 spiro atoms. The van der Waals surface area contributed by atoms with Crippen molar-refractivity contribution in [3.05, 3.63) is 5.82 Å². The van der Waals surface area contributed by atoms with Crippen molar-refractivity contribution in [3.63, 3.8) is 0 Å². The van der Waals surface area contributed by atoms with Crippen LogP contribution in [-0.4, -0.2) is 40.5 Å². The highest BCUT2D eigenvalue weighted by Crippen LogP contribution is 2.25. The highest BCUT2D eigenvalue weighted by atomic mass is 16.5. The molecule has 1 aromatic rings. The average molecular weight is 197 g/mol. The molecule has 6 heteroatoms. The first kappa shape index (κ1) is 9.54. The molecule has 1 N–H and O–H groups in total. The zero-order valence-electron chi connectivity index (χ0n) is 8.47. The van der Waals surface area contributed by atoms with Crippen molar-refractivity contribution in [2.45, 2.75) is 12.5 Å². The Morgan fingerprint density at radius 2 is 2.50 bits per heavy atom. The zero-order chi connectivity index (χ0) is 9.97. The molecule has 2 rings (SSSR count). The van der Waals surface area contributed by atoms with Crippen LogP contribution in [0.2, 0.25) is 0 Å². The van der Waals surface area contributed by atoms with Crippen molar-refractivity contribution < 1.29 is 4.74 Å². The second-order valence-electron chi connectivity index (χ2n) is 3.53. The molecule has 2 unspecified atom stereocenters. The standard InChI is InChI=1S/C8H15N5O/c1-9-7(6-3-4-14-5-6)8-10-12-13(2)11-8/h6-7,9H,3-5H2,1-2H3. The fourth-order valence-electron chi connectivity index (χ4n) is 1.81. The number of aryl methyl sites for hydroxylation is 1. The number of nitrogens with zero attached hydrogens (tertiary/aromatic N) is 4. The highest BCUT2D eigenvalue weighted by molar-refractivity contribution is 4.94.